The molecular weight excluding hydrogens is 214 g/mol. The van der Waals surface area contributed by atoms with Crippen molar-refractivity contribution in [2.75, 3.05) is 40.4 Å². The summed E-state index contributed by atoms with van der Waals surface area (Å²) in [6, 6.07) is 0. The summed E-state index contributed by atoms with van der Waals surface area (Å²) in [5.41, 5.74) is 5.18. The lowest BCUT2D eigenvalue weighted by Gasteiger charge is -2.19. The molecule has 7 heteroatoms. The normalized spacial score (nSPS) is 12.0. The molecular formula is C9H19N3O4. The first-order valence-corrected chi connectivity index (χ1v) is 4.93. The molecule has 0 aliphatic carbocycles. The van der Waals surface area contributed by atoms with Gasteiger partial charge >= 0.3 is 11.8 Å². The molecule has 0 rings (SSSR count). The van der Waals surface area contributed by atoms with Crippen molar-refractivity contribution in [3.8, 4) is 0 Å². The summed E-state index contributed by atoms with van der Waals surface area (Å²) in [7, 11) is 2.88. The smallest absolute Gasteiger partial charge is 0.311 e. The molecule has 0 aromatic heterocycles. The van der Waals surface area contributed by atoms with Gasteiger partial charge in [0.15, 0.2) is 0 Å². The first kappa shape index (κ1) is 14.8. The van der Waals surface area contributed by atoms with Gasteiger partial charge in [-0.3, -0.25) is 9.59 Å². The van der Waals surface area contributed by atoms with E-state index in [1.807, 2.05) is 0 Å². The van der Waals surface area contributed by atoms with Crippen LogP contribution >= 0.6 is 0 Å². The minimum absolute atomic E-state index is 0.0444. The molecule has 0 bridgehead atoms. The van der Waals surface area contributed by atoms with Crippen LogP contribution in [0.5, 0.6) is 0 Å². The van der Waals surface area contributed by atoms with Crippen molar-refractivity contribution in [2.24, 2.45) is 5.73 Å². The first-order valence-electron chi connectivity index (χ1n) is 4.93. The predicted molar refractivity (Wildman–Crippen MR) is 57.6 cm³/mol. The molecule has 1 atom stereocenters. The second-order valence-electron chi connectivity index (χ2n) is 3.34. The zero-order valence-corrected chi connectivity index (χ0v) is 9.60. The molecule has 4 N–H and O–H groups in total. The summed E-state index contributed by atoms with van der Waals surface area (Å²) in [6.45, 7) is 0.679. The summed E-state index contributed by atoms with van der Waals surface area (Å²) in [5.74, 6) is -1.43. The number of aliphatic hydroxyl groups is 1. The number of hydrogen-bond acceptors (Lipinski definition) is 5. The lowest BCUT2D eigenvalue weighted by Crippen LogP contribution is -2.45. The summed E-state index contributed by atoms with van der Waals surface area (Å²) in [4.78, 5) is 23.8. The Morgan fingerprint density at radius 2 is 2.19 bits per heavy atom. The number of aliphatic hydroxyl groups excluding tert-OH is 1. The van der Waals surface area contributed by atoms with Crippen molar-refractivity contribution in [1.29, 1.82) is 0 Å². The van der Waals surface area contributed by atoms with E-state index < -0.39 is 17.9 Å². The highest BCUT2D eigenvalue weighted by atomic mass is 16.5. The monoisotopic (exact) mass is 233 g/mol. The van der Waals surface area contributed by atoms with Crippen LogP contribution < -0.4 is 11.1 Å². The SMILES string of the molecule is COCC(O)CN(C)C(=O)C(=O)NCCN. The van der Waals surface area contributed by atoms with Crippen LogP contribution in [-0.4, -0.2) is 68.3 Å². The van der Waals surface area contributed by atoms with Gasteiger partial charge < -0.3 is 25.8 Å². The van der Waals surface area contributed by atoms with E-state index in [-0.39, 0.29) is 26.2 Å². The second kappa shape index (κ2) is 8.03. The van der Waals surface area contributed by atoms with Gasteiger partial charge in [0.05, 0.1) is 12.7 Å². The highest BCUT2D eigenvalue weighted by molar-refractivity contribution is 6.34. The third kappa shape index (κ3) is 5.64. The number of carbonyl (C=O) groups is 2. The van der Waals surface area contributed by atoms with Crippen LogP contribution in [0.25, 0.3) is 0 Å². The Morgan fingerprint density at radius 3 is 2.69 bits per heavy atom. The molecule has 0 aromatic rings. The van der Waals surface area contributed by atoms with E-state index in [2.05, 4.69) is 5.32 Å². The summed E-state index contributed by atoms with van der Waals surface area (Å²) >= 11 is 0. The number of likely N-dealkylation sites (N-methyl/N-ethyl adjacent to an activating group) is 1. The number of nitrogens with two attached hydrogens (primary N) is 1. The molecule has 0 aliphatic rings. The number of ether oxygens (including phenoxy) is 1. The van der Waals surface area contributed by atoms with Crippen molar-refractivity contribution >= 4 is 11.8 Å². The van der Waals surface area contributed by atoms with E-state index in [1.54, 1.807) is 0 Å². The fourth-order valence-electron chi connectivity index (χ4n) is 1.08. The third-order valence-corrected chi connectivity index (χ3v) is 1.81. The van der Waals surface area contributed by atoms with Crippen molar-refractivity contribution in [3.05, 3.63) is 0 Å². The predicted octanol–water partition coefficient (Wildman–Crippen LogP) is -2.47. The molecule has 16 heavy (non-hydrogen) atoms. The number of methoxy groups -OCH3 is 1. The number of nitrogens with one attached hydrogen (secondary N) is 1. The largest absolute Gasteiger partial charge is 0.389 e. The standard InChI is InChI=1S/C9H19N3O4/c1-12(5-7(13)6-16-2)9(15)8(14)11-4-3-10/h7,13H,3-6,10H2,1-2H3,(H,11,14). The van der Waals surface area contributed by atoms with Gasteiger partial charge in [-0.25, -0.2) is 0 Å². The zero-order chi connectivity index (χ0) is 12.6. The number of amides is 2. The maximum atomic E-state index is 11.4. The van der Waals surface area contributed by atoms with Crippen molar-refractivity contribution < 1.29 is 19.4 Å². The second-order valence-corrected chi connectivity index (χ2v) is 3.34. The Hall–Kier alpha value is -1.18. The van der Waals surface area contributed by atoms with Gasteiger partial charge in [0, 0.05) is 33.8 Å². The van der Waals surface area contributed by atoms with Gasteiger partial charge in [-0.2, -0.15) is 0 Å². The summed E-state index contributed by atoms with van der Waals surface area (Å²) in [6.07, 6.45) is -0.804. The molecule has 1 unspecified atom stereocenters. The van der Waals surface area contributed by atoms with Crippen molar-refractivity contribution in [1.82, 2.24) is 10.2 Å². The molecule has 0 aliphatic heterocycles. The van der Waals surface area contributed by atoms with Gasteiger partial charge in [0.25, 0.3) is 0 Å². The van der Waals surface area contributed by atoms with Crippen LogP contribution in [-0.2, 0) is 14.3 Å². The van der Waals surface area contributed by atoms with Gasteiger partial charge in [-0.05, 0) is 0 Å². The Bertz CT molecular complexity index is 235. The quantitative estimate of drug-likeness (QED) is 0.441. The highest BCUT2D eigenvalue weighted by Crippen LogP contribution is 1.91. The van der Waals surface area contributed by atoms with Crippen LogP contribution in [0.1, 0.15) is 0 Å². The first-order chi connectivity index (χ1) is 7.52. The van der Waals surface area contributed by atoms with Crippen molar-refractivity contribution in [2.45, 2.75) is 6.10 Å². The summed E-state index contributed by atoms with van der Waals surface area (Å²) < 4.78 is 4.70. The van der Waals surface area contributed by atoms with E-state index in [9.17, 15) is 14.7 Å². The molecule has 0 fully saturated rings. The van der Waals surface area contributed by atoms with Gasteiger partial charge in [0.1, 0.15) is 0 Å². The molecule has 94 valence electrons. The maximum absolute atomic E-state index is 11.4. The Balaban J connectivity index is 4.02. The van der Waals surface area contributed by atoms with Crippen molar-refractivity contribution in [3.63, 3.8) is 0 Å². The lowest BCUT2D eigenvalue weighted by molar-refractivity contribution is -0.145. The molecule has 0 saturated heterocycles. The highest BCUT2D eigenvalue weighted by Gasteiger charge is 2.20. The number of hydrogen-bond donors (Lipinski definition) is 3. The Labute approximate surface area is 94.5 Å². The van der Waals surface area contributed by atoms with Crippen LogP contribution in [0.15, 0.2) is 0 Å². The van der Waals surface area contributed by atoms with E-state index >= 15 is 0 Å². The Kier molecular flexibility index (Phi) is 7.44. The molecule has 0 spiro atoms. The van der Waals surface area contributed by atoms with Crippen LogP contribution in [0.4, 0.5) is 0 Å². The number of carbonyl (C=O) groups excluding carboxylic acids is 2. The molecule has 0 aromatic carbocycles. The van der Waals surface area contributed by atoms with Crippen LogP contribution in [0, 0.1) is 0 Å². The zero-order valence-electron chi connectivity index (χ0n) is 9.60. The minimum atomic E-state index is -0.804. The average molecular weight is 233 g/mol. The summed E-state index contributed by atoms with van der Waals surface area (Å²) in [5, 5.41) is 11.7. The topological polar surface area (TPSA) is 105 Å². The Morgan fingerprint density at radius 1 is 1.56 bits per heavy atom. The fraction of sp³-hybridized carbons (Fsp3) is 0.778. The number of rotatable bonds is 6. The molecule has 0 radical (unpaired) electrons. The third-order valence-electron chi connectivity index (χ3n) is 1.81. The fourth-order valence-corrected chi connectivity index (χ4v) is 1.08. The van der Waals surface area contributed by atoms with Gasteiger partial charge in [0.2, 0.25) is 0 Å². The molecule has 0 saturated carbocycles. The lowest BCUT2D eigenvalue weighted by atomic mass is 10.3. The van der Waals surface area contributed by atoms with Crippen LogP contribution in [0.3, 0.4) is 0 Å². The van der Waals surface area contributed by atoms with E-state index in [4.69, 9.17) is 10.5 Å². The molecule has 2 amide bonds. The van der Waals surface area contributed by atoms with Crippen LogP contribution in [0.2, 0.25) is 0 Å². The van der Waals surface area contributed by atoms with E-state index in [0.29, 0.717) is 0 Å². The minimum Gasteiger partial charge on any atom is -0.389 e. The van der Waals surface area contributed by atoms with E-state index in [0.717, 1.165) is 4.90 Å². The van der Waals surface area contributed by atoms with Gasteiger partial charge in [-0.1, -0.05) is 0 Å². The van der Waals surface area contributed by atoms with E-state index in [1.165, 1.54) is 14.2 Å². The van der Waals surface area contributed by atoms with Gasteiger partial charge in [-0.15, -0.1) is 0 Å². The molecule has 0 heterocycles. The molecule has 7 nitrogen and oxygen atoms in total. The maximum Gasteiger partial charge on any atom is 0.311 e. The number of nitrogens with zero attached hydrogens (tertiary/aromatic N) is 1. The average Bonchev–Trinajstić information content (AvgIpc) is 2.24.